The van der Waals surface area contributed by atoms with Crippen molar-refractivity contribution >= 4 is 31.6 Å². The van der Waals surface area contributed by atoms with Crippen molar-refractivity contribution < 1.29 is 17.2 Å². The van der Waals surface area contributed by atoms with Crippen LogP contribution in [0.25, 0.3) is 0 Å². The Morgan fingerprint density at radius 2 is 1.95 bits per heavy atom. The van der Waals surface area contributed by atoms with Crippen LogP contribution in [0.1, 0.15) is 13.8 Å². The number of sulfonamides is 1. The maximum atomic E-state index is 13.5. The molecule has 2 N–H and O–H groups in total. The fourth-order valence-corrected chi connectivity index (χ4v) is 2.63. The van der Waals surface area contributed by atoms with E-state index in [-0.39, 0.29) is 11.0 Å². The first-order chi connectivity index (χ1) is 8.77. The first kappa shape index (κ1) is 16.3. The monoisotopic (exact) mass is 356 g/mol. The zero-order chi connectivity index (χ0) is 14.6. The summed E-state index contributed by atoms with van der Waals surface area (Å²) in [6.45, 7) is 4.18. The molecule has 108 valence electrons. The van der Waals surface area contributed by atoms with Gasteiger partial charge in [-0.25, -0.2) is 17.2 Å². The second-order valence-electron chi connectivity index (χ2n) is 4.01. The van der Waals surface area contributed by atoms with E-state index >= 15 is 0 Å². The zero-order valence-corrected chi connectivity index (χ0v) is 12.9. The minimum atomic E-state index is -3.77. The molecule has 0 aliphatic heterocycles. The van der Waals surface area contributed by atoms with Crippen molar-refractivity contribution in [2.75, 3.05) is 17.8 Å². The third kappa shape index (κ3) is 4.39. The third-order valence-corrected chi connectivity index (χ3v) is 4.81. The minimum Gasteiger partial charge on any atom is -0.316 e. The van der Waals surface area contributed by atoms with Crippen LogP contribution in [0.4, 0.5) is 14.5 Å². The quantitative estimate of drug-likeness (QED) is 0.769. The molecular formula is C11H15BrF2N2O2S. The molecule has 0 heterocycles. The van der Waals surface area contributed by atoms with Crippen LogP contribution in [0.3, 0.4) is 0 Å². The maximum Gasteiger partial charge on any atom is 0.236 e. The molecule has 0 saturated heterocycles. The third-order valence-electron chi connectivity index (χ3n) is 2.47. The van der Waals surface area contributed by atoms with Gasteiger partial charge in [0.25, 0.3) is 0 Å². The normalized spacial score (nSPS) is 13.3. The van der Waals surface area contributed by atoms with Crippen molar-refractivity contribution in [3.8, 4) is 0 Å². The van der Waals surface area contributed by atoms with Crippen LogP contribution < -0.4 is 10.0 Å². The number of hydrogen-bond acceptors (Lipinski definition) is 3. The molecule has 4 nitrogen and oxygen atoms in total. The highest BCUT2D eigenvalue weighted by atomic mass is 79.9. The topological polar surface area (TPSA) is 58.2 Å². The van der Waals surface area contributed by atoms with E-state index in [0.717, 1.165) is 12.1 Å². The van der Waals surface area contributed by atoms with Gasteiger partial charge in [-0.3, -0.25) is 4.72 Å². The molecule has 0 spiro atoms. The average Bonchev–Trinajstić information content (AvgIpc) is 2.32. The average molecular weight is 357 g/mol. The molecule has 1 unspecified atom stereocenters. The van der Waals surface area contributed by atoms with E-state index in [1.54, 1.807) is 0 Å². The molecule has 0 aliphatic rings. The lowest BCUT2D eigenvalue weighted by Gasteiger charge is -2.15. The van der Waals surface area contributed by atoms with Gasteiger partial charge in [0, 0.05) is 12.6 Å². The molecule has 0 saturated carbocycles. The zero-order valence-electron chi connectivity index (χ0n) is 10.5. The number of nitrogens with one attached hydrogen (secondary N) is 2. The fourth-order valence-electron chi connectivity index (χ4n) is 1.31. The Morgan fingerprint density at radius 3 is 2.53 bits per heavy atom. The lowest BCUT2D eigenvalue weighted by molar-refractivity contribution is 0.576. The van der Waals surface area contributed by atoms with E-state index < -0.39 is 32.6 Å². The summed E-state index contributed by atoms with van der Waals surface area (Å²) in [7, 11) is -3.77. The second kappa shape index (κ2) is 6.62. The van der Waals surface area contributed by atoms with Crippen LogP contribution in [-0.4, -0.2) is 26.8 Å². The molecule has 0 aromatic heterocycles. The number of benzene rings is 1. The maximum absolute atomic E-state index is 13.5. The van der Waals surface area contributed by atoms with Crippen molar-refractivity contribution in [3.05, 3.63) is 28.2 Å². The number of rotatable bonds is 6. The van der Waals surface area contributed by atoms with Crippen molar-refractivity contribution in [3.63, 3.8) is 0 Å². The summed E-state index contributed by atoms with van der Waals surface area (Å²) < 4.78 is 52.6. The summed E-state index contributed by atoms with van der Waals surface area (Å²) in [5.41, 5.74) is -0.399. The van der Waals surface area contributed by atoms with E-state index in [1.807, 2.05) is 6.92 Å². The van der Waals surface area contributed by atoms with E-state index in [1.165, 1.54) is 6.92 Å². The Labute approximate surface area is 119 Å². The van der Waals surface area contributed by atoms with Crippen LogP contribution in [0.15, 0.2) is 16.6 Å². The van der Waals surface area contributed by atoms with Crippen LogP contribution >= 0.6 is 15.9 Å². The fraction of sp³-hybridized carbons (Fsp3) is 0.455. The molecule has 0 radical (unpaired) electrons. The second-order valence-corrected chi connectivity index (χ2v) is 6.96. The van der Waals surface area contributed by atoms with E-state index in [2.05, 4.69) is 26.0 Å². The summed E-state index contributed by atoms with van der Waals surface area (Å²) in [4.78, 5) is 0. The Morgan fingerprint density at radius 1 is 1.32 bits per heavy atom. The number of halogens is 3. The van der Waals surface area contributed by atoms with Crippen molar-refractivity contribution in [1.29, 1.82) is 0 Å². The van der Waals surface area contributed by atoms with E-state index in [4.69, 9.17) is 0 Å². The largest absolute Gasteiger partial charge is 0.316 e. The van der Waals surface area contributed by atoms with Gasteiger partial charge in [-0.05, 0) is 35.5 Å². The summed E-state index contributed by atoms with van der Waals surface area (Å²) in [6.07, 6.45) is 0. The van der Waals surface area contributed by atoms with E-state index in [0.29, 0.717) is 6.54 Å². The highest BCUT2D eigenvalue weighted by Gasteiger charge is 2.22. The molecule has 0 fully saturated rings. The van der Waals surface area contributed by atoms with Gasteiger partial charge in [-0.1, -0.05) is 6.92 Å². The first-order valence-electron chi connectivity index (χ1n) is 5.64. The molecule has 19 heavy (non-hydrogen) atoms. The lowest BCUT2D eigenvalue weighted by atomic mass is 10.3. The predicted molar refractivity (Wildman–Crippen MR) is 74.6 cm³/mol. The SMILES string of the molecule is CCNCC(C)S(=O)(=O)Nc1cc(F)c(Br)cc1F. The molecule has 1 aromatic rings. The summed E-state index contributed by atoms with van der Waals surface area (Å²) in [5.74, 6) is -1.58. The van der Waals surface area contributed by atoms with Crippen molar-refractivity contribution in [1.82, 2.24) is 5.32 Å². The number of anilines is 1. The van der Waals surface area contributed by atoms with Gasteiger partial charge in [-0.15, -0.1) is 0 Å². The Kier molecular flexibility index (Phi) is 5.69. The smallest absolute Gasteiger partial charge is 0.236 e. The summed E-state index contributed by atoms with van der Waals surface area (Å²) in [5, 5.41) is 2.12. The van der Waals surface area contributed by atoms with Gasteiger partial charge >= 0.3 is 0 Å². The van der Waals surface area contributed by atoms with Crippen molar-refractivity contribution in [2.45, 2.75) is 19.1 Å². The van der Waals surface area contributed by atoms with E-state index in [9.17, 15) is 17.2 Å². The molecular weight excluding hydrogens is 342 g/mol. The van der Waals surface area contributed by atoms with Gasteiger partial charge in [0.2, 0.25) is 10.0 Å². The van der Waals surface area contributed by atoms with Gasteiger partial charge in [-0.2, -0.15) is 0 Å². The minimum absolute atomic E-state index is 0.0614. The van der Waals surface area contributed by atoms with Crippen LogP contribution in [0, 0.1) is 11.6 Å². The standard InChI is InChI=1S/C11H15BrF2N2O2S/c1-3-15-6-7(2)19(17,18)16-11-5-9(13)8(12)4-10(11)14/h4-5,7,15-16H,3,6H2,1-2H3. The van der Waals surface area contributed by atoms with Gasteiger partial charge in [0.15, 0.2) is 0 Å². The predicted octanol–water partition coefficient (Wildman–Crippen LogP) is 2.47. The summed E-state index contributed by atoms with van der Waals surface area (Å²) >= 11 is 2.82. The molecule has 0 amide bonds. The Bertz CT molecular complexity index is 552. The van der Waals surface area contributed by atoms with Crippen molar-refractivity contribution in [2.24, 2.45) is 0 Å². The molecule has 1 atom stereocenters. The Balaban J connectivity index is 2.92. The van der Waals surface area contributed by atoms with Crippen LogP contribution in [-0.2, 0) is 10.0 Å². The molecule has 1 aromatic carbocycles. The molecule has 1 rings (SSSR count). The molecule has 0 aliphatic carbocycles. The van der Waals surface area contributed by atoms with Crippen LogP contribution in [0.2, 0.25) is 0 Å². The highest BCUT2D eigenvalue weighted by molar-refractivity contribution is 9.10. The lowest BCUT2D eigenvalue weighted by Crippen LogP contribution is -2.34. The Hall–Kier alpha value is -0.730. The number of hydrogen-bond donors (Lipinski definition) is 2. The molecule has 8 heteroatoms. The highest BCUT2D eigenvalue weighted by Crippen LogP contribution is 2.24. The first-order valence-corrected chi connectivity index (χ1v) is 7.98. The van der Waals surface area contributed by atoms with Gasteiger partial charge in [0.1, 0.15) is 11.6 Å². The van der Waals surface area contributed by atoms with Crippen LogP contribution in [0.5, 0.6) is 0 Å². The molecule has 0 bridgehead atoms. The van der Waals surface area contributed by atoms with Gasteiger partial charge < -0.3 is 5.32 Å². The van der Waals surface area contributed by atoms with Gasteiger partial charge in [0.05, 0.1) is 15.4 Å². The summed E-state index contributed by atoms with van der Waals surface area (Å²) in [6, 6.07) is 1.68.